The van der Waals surface area contributed by atoms with E-state index >= 15 is 0 Å². The molecular weight excluding hydrogens is 382 g/mol. The molecule has 0 saturated carbocycles. The highest BCUT2D eigenvalue weighted by Crippen LogP contribution is 2.27. The molecule has 2 aromatic carbocycles. The Balaban J connectivity index is 1.92. The number of aromatic hydroxyl groups is 1. The Morgan fingerprint density at radius 1 is 1.20 bits per heavy atom. The van der Waals surface area contributed by atoms with Gasteiger partial charge in [0.2, 0.25) is 0 Å². The predicted molar refractivity (Wildman–Crippen MR) is 112 cm³/mol. The first-order chi connectivity index (χ1) is 14.4. The second kappa shape index (κ2) is 9.05. The molecule has 3 aromatic rings. The van der Waals surface area contributed by atoms with Crippen LogP contribution in [0.4, 0.5) is 0 Å². The molecule has 0 spiro atoms. The molecule has 1 amide bonds. The summed E-state index contributed by atoms with van der Waals surface area (Å²) >= 11 is 0. The van der Waals surface area contributed by atoms with Gasteiger partial charge in [0.1, 0.15) is 5.75 Å². The Morgan fingerprint density at radius 3 is 2.60 bits per heavy atom. The fraction of sp³-hybridized carbons (Fsp3) is 0.217. The molecule has 1 atom stereocenters. The number of nitrogens with zero attached hydrogens (tertiary/aromatic N) is 3. The number of pyridine rings is 1. The number of amides is 1. The minimum atomic E-state index is -0.995. The minimum Gasteiger partial charge on any atom is -0.508 e. The van der Waals surface area contributed by atoms with Gasteiger partial charge < -0.3 is 14.7 Å². The van der Waals surface area contributed by atoms with Gasteiger partial charge >= 0.3 is 5.97 Å². The molecule has 7 nitrogen and oxygen atoms in total. The zero-order valence-corrected chi connectivity index (χ0v) is 16.7. The van der Waals surface area contributed by atoms with E-state index in [1.54, 1.807) is 55.6 Å². The molecule has 0 radical (unpaired) electrons. The van der Waals surface area contributed by atoms with Crippen LogP contribution < -0.4 is 0 Å². The van der Waals surface area contributed by atoms with Gasteiger partial charge in [-0.15, -0.1) is 0 Å². The van der Waals surface area contributed by atoms with Crippen LogP contribution in [0.5, 0.6) is 5.75 Å². The van der Waals surface area contributed by atoms with E-state index in [2.05, 4.69) is 4.98 Å². The number of para-hydroxylation sites is 1. The predicted octanol–water partition coefficient (Wildman–Crippen LogP) is 3.52. The van der Waals surface area contributed by atoms with Gasteiger partial charge in [-0.05, 0) is 43.3 Å². The van der Waals surface area contributed by atoms with Crippen molar-refractivity contribution < 1.29 is 19.4 Å². The monoisotopic (exact) mass is 403 g/mol. The van der Waals surface area contributed by atoms with Crippen LogP contribution in [-0.2, 0) is 9.53 Å². The molecule has 7 heteroatoms. The third kappa shape index (κ3) is 4.55. The van der Waals surface area contributed by atoms with Crippen LogP contribution >= 0.6 is 0 Å². The number of likely N-dealkylation sites (N-methyl/N-ethyl adjacent to an activating group) is 1. The van der Waals surface area contributed by atoms with Crippen molar-refractivity contribution in [3.8, 4) is 23.1 Å². The zero-order valence-electron chi connectivity index (χ0n) is 16.7. The van der Waals surface area contributed by atoms with Crippen LogP contribution in [0.15, 0.2) is 54.6 Å². The van der Waals surface area contributed by atoms with Crippen LogP contribution in [0.25, 0.3) is 22.2 Å². The summed E-state index contributed by atoms with van der Waals surface area (Å²) in [6.07, 6.45) is -0.793. The summed E-state index contributed by atoms with van der Waals surface area (Å²) in [5.74, 6) is -0.883. The molecule has 0 aliphatic rings. The van der Waals surface area contributed by atoms with E-state index in [0.29, 0.717) is 22.2 Å². The molecule has 0 aliphatic heterocycles. The number of carbonyl (C=O) groups is 2. The molecule has 1 N–H and O–H groups in total. The minimum absolute atomic E-state index is 0.132. The molecular formula is C23H21N3O4. The maximum Gasteiger partial charge on any atom is 0.339 e. The number of esters is 1. The number of rotatable bonds is 6. The van der Waals surface area contributed by atoms with Gasteiger partial charge in [0.15, 0.2) is 6.10 Å². The number of hydrogen-bond acceptors (Lipinski definition) is 6. The summed E-state index contributed by atoms with van der Waals surface area (Å²) in [6.45, 7) is 1.77. The SMILES string of the molecule is C[C@H](OC(=O)c1cc(-c2ccc(O)cc2)nc2ccccc12)C(=O)N(C)CCC#N. The smallest absolute Gasteiger partial charge is 0.339 e. The molecule has 0 saturated heterocycles. The molecule has 1 heterocycles. The number of aromatic nitrogens is 1. The highest BCUT2D eigenvalue weighted by molar-refractivity contribution is 6.05. The zero-order chi connectivity index (χ0) is 21.7. The summed E-state index contributed by atoms with van der Waals surface area (Å²) in [5, 5.41) is 18.8. The number of carbonyl (C=O) groups excluding carboxylic acids is 2. The summed E-state index contributed by atoms with van der Waals surface area (Å²) in [4.78, 5) is 31.3. The standard InChI is InChI=1S/C23H21N3O4/c1-15(22(28)26(2)13-5-12-24)30-23(29)19-14-21(16-8-10-17(27)11-9-16)25-20-7-4-3-6-18(19)20/h3-4,6-11,14-15,27H,5,13H2,1-2H3/t15-/m0/s1. The average molecular weight is 403 g/mol. The molecule has 152 valence electrons. The van der Waals surface area contributed by atoms with Crippen molar-refractivity contribution in [2.75, 3.05) is 13.6 Å². The first-order valence-electron chi connectivity index (χ1n) is 9.43. The van der Waals surface area contributed by atoms with E-state index in [1.165, 1.54) is 11.8 Å². The van der Waals surface area contributed by atoms with Gasteiger partial charge in [-0.2, -0.15) is 5.26 Å². The summed E-state index contributed by atoms with van der Waals surface area (Å²) in [6, 6.07) is 17.3. The Labute approximate surface area is 174 Å². The van der Waals surface area contributed by atoms with Crippen molar-refractivity contribution in [3.63, 3.8) is 0 Å². The third-order valence-electron chi connectivity index (χ3n) is 4.67. The molecule has 0 fully saturated rings. The Bertz CT molecular complexity index is 1120. The number of benzene rings is 2. The third-order valence-corrected chi connectivity index (χ3v) is 4.67. The Kier molecular flexibility index (Phi) is 6.28. The Hall–Kier alpha value is -3.92. The highest BCUT2D eigenvalue weighted by atomic mass is 16.5. The van der Waals surface area contributed by atoms with Crippen LogP contribution in [0.3, 0.4) is 0 Å². The van der Waals surface area contributed by atoms with Crippen molar-refractivity contribution in [1.82, 2.24) is 9.88 Å². The van der Waals surface area contributed by atoms with Gasteiger partial charge in [-0.3, -0.25) is 4.79 Å². The van der Waals surface area contributed by atoms with Crippen molar-refractivity contribution >= 4 is 22.8 Å². The van der Waals surface area contributed by atoms with Gasteiger partial charge in [0.25, 0.3) is 5.91 Å². The lowest BCUT2D eigenvalue weighted by Crippen LogP contribution is -2.37. The molecule has 3 rings (SSSR count). The fourth-order valence-corrected chi connectivity index (χ4v) is 3.04. The van der Waals surface area contributed by atoms with E-state index in [0.717, 1.165) is 5.56 Å². The normalized spacial score (nSPS) is 11.5. The van der Waals surface area contributed by atoms with E-state index in [-0.39, 0.29) is 24.6 Å². The fourth-order valence-electron chi connectivity index (χ4n) is 3.04. The van der Waals surface area contributed by atoms with Gasteiger partial charge in [-0.1, -0.05) is 18.2 Å². The average Bonchev–Trinajstić information content (AvgIpc) is 2.76. The number of nitriles is 1. The van der Waals surface area contributed by atoms with Crippen LogP contribution in [0, 0.1) is 11.3 Å². The maximum atomic E-state index is 12.9. The topological polar surface area (TPSA) is 104 Å². The summed E-state index contributed by atoms with van der Waals surface area (Å²) in [5.41, 5.74) is 2.18. The maximum absolute atomic E-state index is 12.9. The van der Waals surface area contributed by atoms with Gasteiger partial charge in [0, 0.05) is 24.5 Å². The lowest BCUT2D eigenvalue weighted by molar-refractivity contribution is -0.138. The van der Waals surface area contributed by atoms with Crippen LogP contribution in [-0.4, -0.2) is 46.6 Å². The molecule has 0 bridgehead atoms. The van der Waals surface area contributed by atoms with Crippen LogP contribution in [0.1, 0.15) is 23.7 Å². The van der Waals surface area contributed by atoms with Gasteiger partial charge in [-0.25, -0.2) is 9.78 Å². The van der Waals surface area contributed by atoms with Crippen molar-refractivity contribution in [1.29, 1.82) is 5.26 Å². The highest BCUT2D eigenvalue weighted by Gasteiger charge is 2.23. The number of ether oxygens (including phenoxy) is 1. The number of phenols is 1. The lowest BCUT2D eigenvalue weighted by atomic mass is 10.0. The largest absolute Gasteiger partial charge is 0.508 e. The lowest BCUT2D eigenvalue weighted by Gasteiger charge is -2.20. The first kappa shape index (κ1) is 20.8. The molecule has 0 aliphatic carbocycles. The van der Waals surface area contributed by atoms with E-state index < -0.39 is 12.1 Å². The van der Waals surface area contributed by atoms with E-state index in [9.17, 15) is 14.7 Å². The Morgan fingerprint density at radius 2 is 1.90 bits per heavy atom. The number of phenolic OH excluding ortho intramolecular Hbond substituents is 1. The van der Waals surface area contributed by atoms with Gasteiger partial charge in [0.05, 0.1) is 29.3 Å². The molecule has 30 heavy (non-hydrogen) atoms. The quantitative estimate of drug-likeness (QED) is 0.632. The van der Waals surface area contributed by atoms with Crippen molar-refractivity contribution in [2.24, 2.45) is 0 Å². The second-order valence-electron chi connectivity index (χ2n) is 6.83. The van der Waals surface area contributed by atoms with Crippen LogP contribution in [0.2, 0.25) is 0 Å². The van der Waals surface area contributed by atoms with E-state index in [4.69, 9.17) is 10.00 Å². The first-order valence-corrected chi connectivity index (χ1v) is 9.43. The van der Waals surface area contributed by atoms with Crippen molar-refractivity contribution in [3.05, 3.63) is 60.2 Å². The number of hydrogen-bond donors (Lipinski definition) is 1. The second-order valence-corrected chi connectivity index (χ2v) is 6.83. The van der Waals surface area contributed by atoms with E-state index in [1.807, 2.05) is 12.1 Å². The summed E-state index contributed by atoms with van der Waals surface area (Å²) in [7, 11) is 1.56. The molecule has 1 aromatic heterocycles. The summed E-state index contributed by atoms with van der Waals surface area (Å²) < 4.78 is 5.44. The number of fused-ring (bicyclic) bond motifs is 1. The van der Waals surface area contributed by atoms with Crippen molar-refractivity contribution in [2.45, 2.75) is 19.4 Å². The molecule has 0 unspecified atom stereocenters.